The molecule has 1 N–H and O–H groups in total. The SMILES string of the molecule is Cc1ccc(Nc2nnc(SCC(=O)N3CCC(Cc4ccccc4)CC3)s2)cc1. The molecule has 1 saturated heterocycles. The average Bonchev–Trinajstić information content (AvgIpc) is 3.22. The predicted molar refractivity (Wildman–Crippen MR) is 125 cm³/mol. The van der Waals surface area contributed by atoms with E-state index in [1.165, 1.54) is 34.2 Å². The van der Waals surface area contributed by atoms with Crippen LogP contribution in [0.4, 0.5) is 10.8 Å². The van der Waals surface area contributed by atoms with Crippen molar-refractivity contribution in [2.45, 2.75) is 30.5 Å². The Hall–Kier alpha value is -2.38. The number of aromatic nitrogens is 2. The number of benzene rings is 2. The summed E-state index contributed by atoms with van der Waals surface area (Å²) in [6, 6.07) is 18.8. The minimum atomic E-state index is 0.196. The molecule has 0 unspecified atom stereocenters. The van der Waals surface area contributed by atoms with Crippen molar-refractivity contribution in [1.29, 1.82) is 0 Å². The summed E-state index contributed by atoms with van der Waals surface area (Å²) in [7, 11) is 0. The molecule has 1 aromatic heterocycles. The quantitative estimate of drug-likeness (QED) is 0.516. The Labute approximate surface area is 185 Å². The van der Waals surface area contributed by atoms with E-state index >= 15 is 0 Å². The van der Waals surface area contributed by atoms with Gasteiger partial charge >= 0.3 is 0 Å². The van der Waals surface area contributed by atoms with Crippen LogP contribution in [0.5, 0.6) is 0 Å². The highest BCUT2D eigenvalue weighted by molar-refractivity contribution is 8.01. The van der Waals surface area contributed by atoms with Crippen molar-refractivity contribution in [2.75, 3.05) is 24.2 Å². The fourth-order valence-corrected chi connectivity index (χ4v) is 5.30. The smallest absolute Gasteiger partial charge is 0.233 e. The second-order valence-electron chi connectivity index (χ2n) is 7.67. The number of carbonyl (C=O) groups is 1. The molecule has 0 atom stereocenters. The summed E-state index contributed by atoms with van der Waals surface area (Å²) in [5, 5.41) is 12.4. The number of hydrogen-bond acceptors (Lipinski definition) is 6. The van der Waals surface area contributed by atoms with Crippen molar-refractivity contribution in [2.24, 2.45) is 5.92 Å². The summed E-state index contributed by atoms with van der Waals surface area (Å²) in [6.07, 6.45) is 3.27. The Kier molecular flexibility index (Phi) is 7.02. The van der Waals surface area contributed by atoms with Gasteiger partial charge in [0.05, 0.1) is 5.75 Å². The Morgan fingerprint density at radius 1 is 1.10 bits per heavy atom. The van der Waals surface area contributed by atoms with Gasteiger partial charge in [-0.25, -0.2) is 0 Å². The van der Waals surface area contributed by atoms with Crippen LogP contribution in [0.1, 0.15) is 24.0 Å². The van der Waals surface area contributed by atoms with Crippen LogP contribution < -0.4 is 5.32 Å². The van der Waals surface area contributed by atoms with Crippen LogP contribution in [0, 0.1) is 12.8 Å². The summed E-state index contributed by atoms with van der Waals surface area (Å²) < 4.78 is 0.817. The maximum Gasteiger partial charge on any atom is 0.233 e. The highest BCUT2D eigenvalue weighted by Gasteiger charge is 2.23. The van der Waals surface area contributed by atoms with E-state index in [1.54, 1.807) is 0 Å². The van der Waals surface area contributed by atoms with E-state index in [4.69, 9.17) is 0 Å². The van der Waals surface area contributed by atoms with Gasteiger partial charge in [-0.05, 0) is 49.8 Å². The number of piperidine rings is 1. The van der Waals surface area contributed by atoms with Crippen LogP contribution in [0.25, 0.3) is 0 Å². The number of likely N-dealkylation sites (tertiary alicyclic amines) is 1. The molecule has 4 rings (SSSR count). The molecular formula is C23H26N4OS2. The molecule has 156 valence electrons. The minimum Gasteiger partial charge on any atom is -0.342 e. The van der Waals surface area contributed by atoms with E-state index < -0.39 is 0 Å². The number of anilines is 2. The zero-order chi connectivity index (χ0) is 20.8. The second-order valence-corrected chi connectivity index (χ2v) is 9.87. The molecule has 0 spiro atoms. The largest absolute Gasteiger partial charge is 0.342 e. The number of hydrogen-bond donors (Lipinski definition) is 1. The Balaban J connectivity index is 1.21. The molecule has 0 radical (unpaired) electrons. The van der Waals surface area contributed by atoms with E-state index in [-0.39, 0.29) is 5.91 Å². The molecule has 3 aromatic rings. The van der Waals surface area contributed by atoms with Crippen molar-refractivity contribution in [1.82, 2.24) is 15.1 Å². The monoisotopic (exact) mass is 438 g/mol. The van der Waals surface area contributed by atoms with E-state index in [9.17, 15) is 4.79 Å². The van der Waals surface area contributed by atoms with E-state index in [2.05, 4.69) is 64.9 Å². The second kappa shape index (κ2) is 10.1. The van der Waals surface area contributed by atoms with Crippen molar-refractivity contribution in [3.63, 3.8) is 0 Å². The fraction of sp³-hybridized carbons (Fsp3) is 0.348. The van der Waals surface area contributed by atoms with Crippen LogP contribution in [-0.2, 0) is 11.2 Å². The van der Waals surface area contributed by atoms with Crippen molar-refractivity contribution < 1.29 is 4.79 Å². The maximum absolute atomic E-state index is 12.6. The highest BCUT2D eigenvalue weighted by atomic mass is 32.2. The number of nitrogens with zero attached hydrogens (tertiary/aromatic N) is 3. The number of amides is 1. The maximum atomic E-state index is 12.6. The predicted octanol–water partition coefficient (Wildman–Crippen LogP) is 5.16. The lowest BCUT2D eigenvalue weighted by molar-refractivity contribution is -0.129. The lowest BCUT2D eigenvalue weighted by Gasteiger charge is -2.32. The highest BCUT2D eigenvalue weighted by Crippen LogP contribution is 2.28. The van der Waals surface area contributed by atoms with E-state index in [0.717, 1.165) is 47.5 Å². The topological polar surface area (TPSA) is 58.1 Å². The molecule has 1 aliphatic heterocycles. The summed E-state index contributed by atoms with van der Waals surface area (Å²) in [6.45, 7) is 3.77. The molecule has 5 nitrogen and oxygen atoms in total. The molecule has 1 fully saturated rings. The van der Waals surface area contributed by atoms with Gasteiger partial charge in [0, 0.05) is 18.8 Å². The minimum absolute atomic E-state index is 0.196. The average molecular weight is 439 g/mol. The molecule has 2 heterocycles. The van der Waals surface area contributed by atoms with Crippen LogP contribution in [-0.4, -0.2) is 39.8 Å². The molecule has 1 aliphatic rings. The lowest BCUT2D eigenvalue weighted by Crippen LogP contribution is -2.39. The van der Waals surface area contributed by atoms with Crippen molar-refractivity contribution in [3.05, 3.63) is 65.7 Å². The number of thioether (sulfide) groups is 1. The third-order valence-corrected chi connectivity index (χ3v) is 7.32. The van der Waals surface area contributed by atoms with Crippen molar-refractivity contribution >= 4 is 39.8 Å². The van der Waals surface area contributed by atoms with E-state index in [1.807, 2.05) is 17.0 Å². The van der Waals surface area contributed by atoms with Crippen LogP contribution in [0.3, 0.4) is 0 Å². The first-order chi connectivity index (χ1) is 14.7. The van der Waals surface area contributed by atoms with Crippen LogP contribution >= 0.6 is 23.1 Å². The third kappa shape index (κ3) is 5.83. The third-order valence-electron chi connectivity index (χ3n) is 5.36. The van der Waals surface area contributed by atoms with Gasteiger partial charge in [-0.2, -0.15) is 0 Å². The normalized spacial score (nSPS) is 14.6. The summed E-state index contributed by atoms with van der Waals surface area (Å²) >= 11 is 2.95. The van der Waals surface area contributed by atoms with Gasteiger partial charge < -0.3 is 10.2 Å². The zero-order valence-electron chi connectivity index (χ0n) is 17.1. The first-order valence-electron chi connectivity index (χ1n) is 10.3. The van der Waals surface area contributed by atoms with Gasteiger partial charge in [-0.3, -0.25) is 4.79 Å². The van der Waals surface area contributed by atoms with Gasteiger partial charge in [0.25, 0.3) is 0 Å². The van der Waals surface area contributed by atoms with Gasteiger partial charge in [-0.1, -0.05) is 71.1 Å². The summed E-state index contributed by atoms with van der Waals surface area (Å²) in [4.78, 5) is 14.6. The van der Waals surface area contributed by atoms with Gasteiger partial charge in [0.2, 0.25) is 11.0 Å². The first-order valence-corrected chi connectivity index (χ1v) is 12.1. The first kappa shape index (κ1) is 20.9. The van der Waals surface area contributed by atoms with Crippen molar-refractivity contribution in [3.8, 4) is 0 Å². The van der Waals surface area contributed by atoms with Crippen LogP contribution in [0.15, 0.2) is 58.9 Å². The number of aryl methyl sites for hydroxylation is 1. The van der Waals surface area contributed by atoms with Gasteiger partial charge in [0.1, 0.15) is 0 Å². The number of carbonyl (C=O) groups excluding carboxylic acids is 1. The standard InChI is InChI=1S/C23H26N4OS2/c1-17-7-9-20(10-8-17)24-22-25-26-23(30-22)29-16-21(28)27-13-11-19(12-14-27)15-18-5-3-2-4-6-18/h2-10,19H,11-16H2,1H3,(H,24,25). The van der Waals surface area contributed by atoms with Gasteiger partial charge in [-0.15, -0.1) is 10.2 Å². The molecule has 2 aromatic carbocycles. The zero-order valence-corrected chi connectivity index (χ0v) is 18.7. The number of nitrogens with one attached hydrogen (secondary N) is 1. The Bertz CT molecular complexity index is 951. The molecule has 30 heavy (non-hydrogen) atoms. The molecule has 0 saturated carbocycles. The van der Waals surface area contributed by atoms with Gasteiger partial charge in [0.15, 0.2) is 4.34 Å². The Morgan fingerprint density at radius 3 is 2.57 bits per heavy atom. The molecular weight excluding hydrogens is 412 g/mol. The van der Waals surface area contributed by atoms with E-state index in [0.29, 0.717) is 11.7 Å². The molecule has 0 aliphatic carbocycles. The summed E-state index contributed by atoms with van der Waals surface area (Å²) in [5.41, 5.74) is 3.60. The lowest BCUT2D eigenvalue weighted by atomic mass is 9.90. The van der Waals surface area contributed by atoms with Crippen LogP contribution in [0.2, 0.25) is 0 Å². The molecule has 0 bridgehead atoms. The summed E-state index contributed by atoms with van der Waals surface area (Å²) in [5.74, 6) is 1.28. The fourth-order valence-electron chi connectivity index (χ4n) is 3.63. The number of rotatable bonds is 7. The Morgan fingerprint density at radius 2 is 1.83 bits per heavy atom. The molecule has 1 amide bonds. The molecule has 7 heteroatoms.